The molecule has 1 aliphatic rings. The average Bonchev–Trinajstić information content (AvgIpc) is 2.47. The van der Waals surface area contributed by atoms with E-state index in [2.05, 4.69) is 13.5 Å². The first-order valence-electron chi connectivity index (χ1n) is 3.47. The second kappa shape index (κ2) is 1.84. The van der Waals surface area contributed by atoms with Gasteiger partial charge >= 0.3 is 0 Å². The van der Waals surface area contributed by atoms with Crippen molar-refractivity contribution in [3.05, 3.63) is 12.2 Å². The molecule has 0 amide bonds. The highest BCUT2D eigenvalue weighted by Crippen LogP contribution is 2.48. The van der Waals surface area contributed by atoms with Crippen molar-refractivity contribution in [1.29, 1.82) is 0 Å². The van der Waals surface area contributed by atoms with Gasteiger partial charge in [-0.05, 0) is 25.2 Å². The molecule has 1 nitrogen and oxygen atoms in total. The average molecular weight is 125 g/mol. The summed E-state index contributed by atoms with van der Waals surface area (Å²) in [6.07, 6.45) is 2.56. The number of hydrogen-bond donors (Lipinski definition) is 1. The molecule has 0 aromatic carbocycles. The Labute approximate surface area is 56.9 Å². The first-order chi connectivity index (χ1) is 4.06. The maximum absolute atomic E-state index is 5.86. The second-order valence-corrected chi connectivity index (χ2v) is 3.48. The van der Waals surface area contributed by atoms with Gasteiger partial charge in [0.25, 0.3) is 0 Å². The first-order valence-corrected chi connectivity index (χ1v) is 3.47. The van der Waals surface area contributed by atoms with E-state index < -0.39 is 0 Å². The van der Waals surface area contributed by atoms with Gasteiger partial charge in [-0.1, -0.05) is 19.1 Å². The van der Waals surface area contributed by atoms with Crippen LogP contribution < -0.4 is 5.73 Å². The Hall–Kier alpha value is -0.300. The van der Waals surface area contributed by atoms with Crippen LogP contribution >= 0.6 is 0 Å². The summed E-state index contributed by atoms with van der Waals surface area (Å²) in [6.45, 7) is 8.07. The van der Waals surface area contributed by atoms with Gasteiger partial charge in [-0.3, -0.25) is 0 Å². The summed E-state index contributed by atoms with van der Waals surface area (Å²) in [5.41, 5.74) is 7.39. The Bertz CT molecular complexity index is 134. The molecule has 0 aromatic heterocycles. The smallest absolute Gasteiger partial charge is 0.0302 e. The molecule has 2 N–H and O–H groups in total. The highest BCUT2D eigenvalue weighted by molar-refractivity contribution is 5.12. The van der Waals surface area contributed by atoms with Gasteiger partial charge in [0.15, 0.2) is 0 Å². The van der Waals surface area contributed by atoms with Crippen molar-refractivity contribution in [3.8, 4) is 0 Å². The normalized spacial score (nSPS) is 25.2. The second-order valence-electron chi connectivity index (χ2n) is 3.48. The molecule has 9 heavy (non-hydrogen) atoms. The van der Waals surface area contributed by atoms with E-state index in [4.69, 9.17) is 5.73 Å². The number of nitrogens with two attached hydrogens (primary N) is 1. The highest BCUT2D eigenvalue weighted by Gasteiger charge is 2.42. The molecule has 1 atom stereocenters. The van der Waals surface area contributed by atoms with Crippen molar-refractivity contribution in [3.63, 3.8) is 0 Å². The summed E-state index contributed by atoms with van der Waals surface area (Å²) in [7, 11) is 0. The third-order valence-electron chi connectivity index (χ3n) is 2.32. The van der Waals surface area contributed by atoms with Crippen molar-refractivity contribution < 1.29 is 0 Å². The predicted molar refractivity (Wildman–Crippen MR) is 40.1 cm³/mol. The van der Waals surface area contributed by atoms with Crippen molar-refractivity contribution in [1.82, 2.24) is 0 Å². The molecule has 1 heteroatoms. The molecule has 0 saturated heterocycles. The van der Waals surface area contributed by atoms with Gasteiger partial charge < -0.3 is 5.73 Å². The molecule has 1 fully saturated rings. The SMILES string of the molecule is C=C(C)[C@@H](N)C1(C)CC1. The Balaban J connectivity index is 2.52. The molecule has 1 rings (SSSR count). The molecule has 1 saturated carbocycles. The lowest BCUT2D eigenvalue weighted by Gasteiger charge is -2.17. The predicted octanol–water partition coefficient (Wildman–Crippen LogP) is 1.69. The van der Waals surface area contributed by atoms with Gasteiger partial charge in [-0.25, -0.2) is 0 Å². The van der Waals surface area contributed by atoms with Crippen LogP contribution in [-0.4, -0.2) is 6.04 Å². The topological polar surface area (TPSA) is 26.0 Å². The summed E-state index contributed by atoms with van der Waals surface area (Å²) < 4.78 is 0. The third-order valence-corrected chi connectivity index (χ3v) is 2.32. The lowest BCUT2D eigenvalue weighted by molar-refractivity contribution is 0.485. The fourth-order valence-electron chi connectivity index (χ4n) is 1.10. The zero-order valence-corrected chi connectivity index (χ0v) is 6.28. The van der Waals surface area contributed by atoms with Crippen LogP contribution in [0.1, 0.15) is 26.7 Å². The minimum Gasteiger partial charge on any atom is -0.324 e. The summed E-state index contributed by atoms with van der Waals surface area (Å²) in [5, 5.41) is 0. The Morgan fingerprint density at radius 1 is 1.67 bits per heavy atom. The van der Waals surface area contributed by atoms with Gasteiger partial charge in [0.2, 0.25) is 0 Å². The fraction of sp³-hybridized carbons (Fsp3) is 0.750. The van der Waals surface area contributed by atoms with E-state index in [-0.39, 0.29) is 6.04 Å². The fourth-order valence-corrected chi connectivity index (χ4v) is 1.10. The maximum Gasteiger partial charge on any atom is 0.0302 e. The monoisotopic (exact) mass is 125 g/mol. The lowest BCUT2D eigenvalue weighted by Crippen LogP contribution is -2.30. The van der Waals surface area contributed by atoms with Crippen LogP contribution in [0.2, 0.25) is 0 Å². The quantitative estimate of drug-likeness (QED) is 0.558. The molecule has 0 radical (unpaired) electrons. The number of hydrogen-bond acceptors (Lipinski definition) is 1. The zero-order chi connectivity index (χ0) is 7.07. The molecule has 0 aliphatic heterocycles. The van der Waals surface area contributed by atoms with Crippen LogP contribution in [0, 0.1) is 5.41 Å². The Kier molecular flexibility index (Phi) is 1.39. The molecule has 0 aromatic rings. The van der Waals surface area contributed by atoms with E-state index in [1.54, 1.807) is 0 Å². The summed E-state index contributed by atoms with van der Waals surface area (Å²) in [4.78, 5) is 0. The van der Waals surface area contributed by atoms with Gasteiger partial charge in [0.1, 0.15) is 0 Å². The minimum absolute atomic E-state index is 0.234. The van der Waals surface area contributed by atoms with Gasteiger partial charge in [0.05, 0.1) is 0 Å². The van der Waals surface area contributed by atoms with E-state index in [1.807, 2.05) is 6.92 Å². The molecule has 0 heterocycles. The Morgan fingerprint density at radius 3 is 2.22 bits per heavy atom. The zero-order valence-electron chi connectivity index (χ0n) is 6.28. The van der Waals surface area contributed by atoms with E-state index in [1.165, 1.54) is 12.8 Å². The summed E-state index contributed by atoms with van der Waals surface area (Å²) in [6, 6.07) is 0.234. The molecule has 0 bridgehead atoms. The molecule has 0 spiro atoms. The molecular weight excluding hydrogens is 110 g/mol. The van der Waals surface area contributed by atoms with Crippen LogP contribution in [0.4, 0.5) is 0 Å². The van der Waals surface area contributed by atoms with Crippen molar-refractivity contribution in [2.45, 2.75) is 32.7 Å². The number of rotatable bonds is 2. The van der Waals surface area contributed by atoms with Crippen molar-refractivity contribution in [2.75, 3.05) is 0 Å². The summed E-state index contributed by atoms with van der Waals surface area (Å²) in [5.74, 6) is 0. The van der Waals surface area contributed by atoms with Crippen LogP contribution in [0.3, 0.4) is 0 Å². The van der Waals surface area contributed by atoms with Crippen LogP contribution in [0.15, 0.2) is 12.2 Å². The third kappa shape index (κ3) is 1.16. The van der Waals surface area contributed by atoms with E-state index in [0.29, 0.717) is 5.41 Å². The molecule has 0 unspecified atom stereocenters. The highest BCUT2D eigenvalue weighted by atomic mass is 14.7. The van der Waals surface area contributed by atoms with Crippen molar-refractivity contribution >= 4 is 0 Å². The van der Waals surface area contributed by atoms with Crippen LogP contribution in [0.5, 0.6) is 0 Å². The first kappa shape index (κ1) is 6.81. The standard InChI is InChI=1S/C8H15N/c1-6(2)7(9)8(3)4-5-8/h7H,1,4-5,9H2,2-3H3/t7-/m1/s1. The van der Waals surface area contributed by atoms with Crippen LogP contribution in [0.25, 0.3) is 0 Å². The van der Waals surface area contributed by atoms with Crippen molar-refractivity contribution in [2.24, 2.45) is 11.1 Å². The van der Waals surface area contributed by atoms with Gasteiger partial charge in [-0.2, -0.15) is 0 Å². The maximum atomic E-state index is 5.86. The van der Waals surface area contributed by atoms with Gasteiger partial charge in [-0.15, -0.1) is 0 Å². The molecule has 52 valence electrons. The summed E-state index contributed by atoms with van der Waals surface area (Å²) >= 11 is 0. The Morgan fingerprint density at radius 2 is 2.11 bits per heavy atom. The molecule has 1 aliphatic carbocycles. The molecular formula is C8H15N. The van der Waals surface area contributed by atoms with E-state index >= 15 is 0 Å². The van der Waals surface area contributed by atoms with E-state index in [0.717, 1.165) is 5.57 Å². The lowest BCUT2D eigenvalue weighted by atomic mass is 9.95. The largest absolute Gasteiger partial charge is 0.324 e. The van der Waals surface area contributed by atoms with Gasteiger partial charge in [0, 0.05) is 6.04 Å². The minimum atomic E-state index is 0.234. The van der Waals surface area contributed by atoms with E-state index in [9.17, 15) is 0 Å². The van der Waals surface area contributed by atoms with Crippen LogP contribution in [-0.2, 0) is 0 Å².